The summed E-state index contributed by atoms with van der Waals surface area (Å²) < 4.78 is 40.4. The van der Waals surface area contributed by atoms with E-state index in [1.54, 1.807) is 0 Å². The van der Waals surface area contributed by atoms with Gasteiger partial charge in [-0.1, -0.05) is 0 Å². The lowest BCUT2D eigenvalue weighted by atomic mass is 10.0. The van der Waals surface area contributed by atoms with E-state index in [-0.39, 0.29) is 43.9 Å². The van der Waals surface area contributed by atoms with E-state index in [4.69, 9.17) is 5.73 Å². The number of hydrogen-bond donors (Lipinski definition) is 2. The Bertz CT molecular complexity index is 383. The van der Waals surface area contributed by atoms with E-state index in [0.717, 1.165) is 12.8 Å². The maximum atomic E-state index is 12.0. The van der Waals surface area contributed by atoms with Crippen LogP contribution in [0.15, 0.2) is 0 Å². The van der Waals surface area contributed by atoms with Crippen molar-refractivity contribution in [3.63, 3.8) is 0 Å². The quantitative estimate of drug-likeness (QED) is 0.703. The molecule has 3 N–H and O–H groups in total. The molecule has 0 aliphatic carbocycles. The Labute approximate surface area is 139 Å². The minimum absolute atomic E-state index is 0. The van der Waals surface area contributed by atoms with Gasteiger partial charge >= 0.3 is 6.18 Å². The Morgan fingerprint density at radius 1 is 1.30 bits per heavy atom. The molecule has 6 nitrogen and oxygen atoms in total. The summed E-state index contributed by atoms with van der Waals surface area (Å²) in [6, 6.07) is -0.211. The number of hydrogen-bond acceptors (Lipinski definition) is 4. The van der Waals surface area contributed by atoms with Crippen LogP contribution in [-0.2, 0) is 14.3 Å². The van der Waals surface area contributed by atoms with Crippen molar-refractivity contribution in [3.05, 3.63) is 0 Å². The van der Waals surface area contributed by atoms with Crippen LogP contribution in [0.4, 0.5) is 13.2 Å². The van der Waals surface area contributed by atoms with Gasteiger partial charge in [0.2, 0.25) is 11.8 Å². The summed E-state index contributed by atoms with van der Waals surface area (Å²) in [5, 5.41) is 2.68. The van der Waals surface area contributed by atoms with Crippen LogP contribution in [0.2, 0.25) is 0 Å². The molecular weight excluding hydrogens is 339 g/mol. The molecule has 10 heteroatoms. The number of carbonyl (C=O) groups is 2. The molecule has 0 aromatic heterocycles. The molecular formula is C13H23ClF3N3O3. The Kier molecular flexibility index (Phi) is 10.2. The summed E-state index contributed by atoms with van der Waals surface area (Å²) in [4.78, 5) is 24.9. The van der Waals surface area contributed by atoms with Crippen LogP contribution in [-0.4, -0.2) is 61.8 Å². The number of amides is 2. The van der Waals surface area contributed by atoms with Gasteiger partial charge in [0.25, 0.3) is 0 Å². The largest absolute Gasteiger partial charge is 0.411 e. The van der Waals surface area contributed by atoms with Gasteiger partial charge in [-0.2, -0.15) is 13.2 Å². The second-order valence-electron chi connectivity index (χ2n) is 5.19. The maximum Gasteiger partial charge on any atom is 0.411 e. The third-order valence-electron chi connectivity index (χ3n) is 3.35. The van der Waals surface area contributed by atoms with Gasteiger partial charge in [0.05, 0.1) is 0 Å². The fourth-order valence-corrected chi connectivity index (χ4v) is 2.33. The number of nitrogens with one attached hydrogen (secondary N) is 1. The van der Waals surface area contributed by atoms with Crippen LogP contribution in [0.5, 0.6) is 0 Å². The van der Waals surface area contributed by atoms with Crippen LogP contribution in [0.3, 0.4) is 0 Å². The number of rotatable bonds is 7. The fourth-order valence-electron chi connectivity index (χ4n) is 2.33. The zero-order valence-corrected chi connectivity index (χ0v) is 13.5. The Morgan fingerprint density at radius 2 is 2.00 bits per heavy atom. The average Bonchev–Trinajstić information content (AvgIpc) is 2.44. The van der Waals surface area contributed by atoms with Gasteiger partial charge in [-0.25, -0.2) is 0 Å². The first-order chi connectivity index (χ1) is 10.3. The first-order valence-electron chi connectivity index (χ1n) is 7.24. The van der Waals surface area contributed by atoms with Crippen molar-refractivity contribution >= 4 is 24.2 Å². The van der Waals surface area contributed by atoms with Crippen LogP contribution < -0.4 is 11.1 Å². The molecule has 1 aliphatic rings. The molecule has 1 aliphatic heterocycles. The van der Waals surface area contributed by atoms with E-state index in [1.165, 1.54) is 4.90 Å². The Balaban J connectivity index is 0.00000484. The molecule has 0 bridgehead atoms. The predicted octanol–water partition coefficient (Wildman–Crippen LogP) is 0.833. The molecule has 0 aromatic carbocycles. The third kappa shape index (κ3) is 8.97. The summed E-state index contributed by atoms with van der Waals surface area (Å²) in [7, 11) is 0. The molecule has 1 atom stereocenters. The SMILES string of the molecule is Cl.NCCC(=O)NCC1CCCCN1C(=O)COCC(F)(F)F. The van der Waals surface area contributed by atoms with Gasteiger partial charge in [-0.05, 0) is 19.3 Å². The molecule has 23 heavy (non-hydrogen) atoms. The highest BCUT2D eigenvalue weighted by Gasteiger charge is 2.30. The van der Waals surface area contributed by atoms with E-state index in [1.807, 2.05) is 0 Å². The number of likely N-dealkylation sites (tertiary alicyclic amines) is 1. The van der Waals surface area contributed by atoms with E-state index in [0.29, 0.717) is 13.0 Å². The molecule has 0 saturated carbocycles. The van der Waals surface area contributed by atoms with Crippen molar-refractivity contribution in [3.8, 4) is 0 Å². The first-order valence-corrected chi connectivity index (χ1v) is 7.24. The van der Waals surface area contributed by atoms with E-state index < -0.39 is 25.3 Å². The van der Waals surface area contributed by atoms with Crippen molar-refractivity contribution in [2.45, 2.75) is 37.9 Å². The molecule has 1 rings (SSSR count). The molecule has 0 radical (unpaired) electrons. The van der Waals surface area contributed by atoms with E-state index >= 15 is 0 Å². The van der Waals surface area contributed by atoms with Crippen LogP contribution in [0.25, 0.3) is 0 Å². The van der Waals surface area contributed by atoms with Crippen molar-refractivity contribution in [1.82, 2.24) is 10.2 Å². The number of nitrogens with zero attached hydrogens (tertiary/aromatic N) is 1. The fraction of sp³-hybridized carbons (Fsp3) is 0.846. The molecule has 2 amide bonds. The molecule has 1 saturated heterocycles. The zero-order valence-electron chi connectivity index (χ0n) is 12.7. The highest BCUT2D eigenvalue weighted by Crippen LogP contribution is 2.18. The highest BCUT2D eigenvalue weighted by atomic mass is 35.5. The number of piperidine rings is 1. The predicted molar refractivity (Wildman–Crippen MR) is 80.2 cm³/mol. The van der Waals surface area contributed by atoms with E-state index in [9.17, 15) is 22.8 Å². The van der Waals surface area contributed by atoms with Gasteiger partial charge in [0.15, 0.2) is 0 Å². The normalized spacial score (nSPS) is 18.3. The van der Waals surface area contributed by atoms with Crippen molar-refractivity contribution in [2.24, 2.45) is 5.73 Å². The lowest BCUT2D eigenvalue weighted by molar-refractivity contribution is -0.178. The maximum absolute atomic E-state index is 12.0. The Hall–Kier alpha value is -1.06. The standard InChI is InChI=1S/C13H22F3N3O3.ClH/c14-13(15,16)9-22-8-12(21)19-6-2-1-3-10(19)7-18-11(20)4-5-17;/h10H,1-9,17H2,(H,18,20);1H. The van der Waals surface area contributed by atoms with Crippen molar-refractivity contribution in [1.29, 1.82) is 0 Å². The highest BCUT2D eigenvalue weighted by molar-refractivity contribution is 5.85. The second-order valence-corrected chi connectivity index (χ2v) is 5.19. The van der Waals surface area contributed by atoms with Gasteiger partial charge in [0, 0.05) is 32.1 Å². The molecule has 1 heterocycles. The summed E-state index contributed by atoms with van der Waals surface area (Å²) in [6.07, 6.45) is -1.84. The van der Waals surface area contributed by atoms with Gasteiger partial charge < -0.3 is 20.7 Å². The monoisotopic (exact) mass is 361 g/mol. The number of halogens is 4. The summed E-state index contributed by atoms with van der Waals surface area (Å²) in [6.45, 7) is -1.06. The van der Waals surface area contributed by atoms with Gasteiger partial charge in [0.1, 0.15) is 13.2 Å². The summed E-state index contributed by atoms with van der Waals surface area (Å²) in [5.41, 5.74) is 5.27. The average molecular weight is 362 g/mol. The molecule has 136 valence electrons. The van der Waals surface area contributed by atoms with Crippen LogP contribution >= 0.6 is 12.4 Å². The van der Waals surface area contributed by atoms with Gasteiger partial charge in [-0.15, -0.1) is 12.4 Å². The lowest BCUT2D eigenvalue weighted by Crippen LogP contribution is -2.50. The zero-order chi connectivity index (χ0) is 16.6. The van der Waals surface area contributed by atoms with Crippen molar-refractivity contribution < 1.29 is 27.5 Å². The minimum Gasteiger partial charge on any atom is -0.362 e. The minimum atomic E-state index is -4.45. The third-order valence-corrected chi connectivity index (χ3v) is 3.35. The number of nitrogens with two attached hydrogens (primary N) is 1. The summed E-state index contributed by atoms with van der Waals surface area (Å²) in [5.74, 6) is -0.684. The molecule has 1 fully saturated rings. The number of carbonyl (C=O) groups excluding carboxylic acids is 2. The molecule has 1 unspecified atom stereocenters. The first kappa shape index (κ1) is 21.9. The number of ether oxygens (including phenoxy) is 1. The van der Waals surface area contributed by atoms with Gasteiger partial charge in [-0.3, -0.25) is 9.59 Å². The molecule has 0 spiro atoms. The lowest BCUT2D eigenvalue weighted by Gasteiger charge is -2.35. The number of alkyl halides is 3. The van der Waals surface area contributed by atoms with Crippen molar-refractivity contribution in [2.75, 3.05) is 32.8 Å². The Morgan fingerprint density at radius 3 is 2.61 bits per heavy atom. The second kappa shape index (κ2) is 10.7. The smallest absolute Gasteiger partial charge is 0.362 e. The molecule has 0 aromatic rings. The van der Waals surface area contributed by atoms with Crippen LogP contribution in [0.1, 0.15) is 25.7 Å². The summed E-state index contributed by atoms with van der Waals surface area (Å²) >= 11 is 0. The topological polar surface area (TPSA) is 84.7 Å². The van der Waals surface area contributed by atoms with Crippen LogP contribution in [0, 0.1) is 0 Å². The van der Waals surface area contributed by atoms with E-state index in [2.05, 4.69) is 10.1 Å².